The summed E-state index contributed by atoms with van der Waals surface area (Å²) in [5.41, 5.74) is 6.72. The lowest BCUT2D eigenvalue weighted by atomic mass is 9.99. The fourth-order valence-corrected chi connectivity index (χ4v) is 5.72. The second-order valence-corrected chi connectivity index (χ2v) is 10.6. The van der Waals surface area contributed by atoms with Gasteiger partial charge in [0.25, 0.3) is 0 Å². The maximum atomic E-state index is 13.7. The Morgan fingerprint density at radius 1 is 1.20 bits per heavy atom. The van der Waals surface area contributed by atoms with E-state index in [0.717, 1.165) is 47.0 Å². The Kier molecular flexibility index (Phi) is 7.22. The van der Waals surface area contributed by atoms with E-state index in [1.165, 1.54) is 12.1 Å². The number of methoxy groups -OCH3 is 1. The van der Waals surface area contributed by atoms with Gasteiger partial charge in [-0.2, -0.15) is 0 Å². The van der Waals surface area contributed by atoms with E-state index in [1.807, 2.05) is 36.7 Å². The summed E-state index contributed by atoms with van der Waals surface area (Å²) in [5.74, 6) is 0.448. The van der Waals surface area contributed by atoms with E-state index in [-0.39, 0.29) is 17.7 Å². The zero-order valence-corrected chi connectivity index (χ0v) is 23.0. The van der Waals surface area contributed by atoms with Gasteiger partial charge in [-0.15, -0.1) is 0 Å². The first-order chi connectivity index (χ1) is 19.4. The van der Waals surface area contributed by atoms with Gasteiger partial charge in [0.2, 0.25) is 0 Å². The number of nitrogens with zero attached hydrogens (tertiary/aromatic N) is 5. The SMILES string of the molecule is COC[C@@H]1CN(c2ccc(Nc3ccc(-c4cnc5cc(F)ccn45)c4c3C(=O)CC4)nc2CN(C)C)CCO1. The molecule has 10 heteroatoms. The molecule has 1 fully saturated rings. The molecular formula is C30H33FN6O3. The number of aromatic nitrogens is 3. The lowest BCUT2D eigenvalue weighted by molar-refractivity contribution is -0.0101. The largest absolute Gasteiger partial charge is 0.382 e. The second-order valence-electron chi connectivity index (χ2n) is 10.6. The number of ketones is 1. The van der Waals surface area contributed by atoms with E-state index in [1.54, 1.807) is 19.5 Å². The van der Waals surface area contributed by atoms with Gasteiger partial charge in [-0.05, 0) is 50.3 Å². The van der Waals surface area contributed by atoms with E-state index in [0.29, 0.717) is 49.6 Å². The number of benzene rings is 1. The number of hydrogen-bond acceptors (Lipinski definition) is 8. The number of Topliss-reactive ketones (excluding diaryl/α,β-unsaturated/α-hetero) is 1. The average Bonchev–Trinajstić information content (AvgIpc) is 3.53. The molecule has 2 aliphatic rings. The second kappa shape index (κ2) is 11.0. The van der Waals surface area contributed by atoms with Gasteiger partial charge in [-0.3, -0.25) is 9.20 Å². The first-order valence-electron chi connectivity index (χ1n) is 13.5. The summed E-state index contributed by atoms with van der Waals surface area (Å²) >= 11 is 0. The highest BCUT2D eigenvalue weighted by Gasteiger charge is 2.28. The predicted molar refractivity (Wildman–Crippen MR) is 152 cm³/mol. The first-order valence-corrected chi connectivity index (χ1v) is 13.5. The monoisotopic (exact) mass is 544 g/mol. The fraction of sp³-hybridized carbons (Fsp3) is 0.367. The number of fused-ring (bicyclic) bond motifs is 2. The Balaban J connectivity index is 1.33. The van der Waals surface area contributed by atoms with Crippen LogP contribution < -0.4 is 10.2 Å². The number of anilines is 3. The van der Waals surface area contributed by atoms with E-state index >= 15 is 0 Å². The van der Waals surface area contributed by atoms with Crippen LogP contribution in [0.25, 0.3) is 16.9 Å². The molecule has 1 aliphatic heterocycles. The van der Waals surface area contributed by atoms with Crippen molar-refractivity contribution in [1.82, 2.24) is 19.3 Å². The van der Waals surface area contributed by atoms with E-state index < -0.39 is 0 Å². The van der Waals surface area contributed by atoms with Crippen LogP contribution in [0.5, 0.6) is 0 Å². The maximum Gasteiger partial charge on any atom is 0.165 e. The molecule has 0 saturated carbocycles. The maximum absolute atomic E-state index is 13.7. The first kappa shape index (κ1) is 26.4. The Bertz CT molecular complexity index is 1570. The van der Waals surface area contributed by atoms with E-state index in [9.17, 15) is 9.18 Å². The molecule has 0 radical (unpaired) electrons. The molecule has 3 aromatic heterocycles. The van der Waals surface area contributed by atoms with Crippen molar-refractivity contribution >= 4 is 28.6 Å². The van der Waals surface area contributed by atoms with Gasteiger partial charge in [0, 0.05) is 56.6 Å². The van der Waals surface area contributed by atoms with Gasteiger partial charge in [0.1, 0.15) is 17.3 Å². The standard InChI is InChI=1S/C30H33FN6O3/c1-35(2)17-24-25(36-12-13-40-20(16-36)18-39-3)7-9-28(34-24)33-23-6-4-21(22-5-8-27(38)30(22)23)26-15-32-29-14-19(31)10-11-37(26)29/h4,6-7,9-11,14-15,20H,5,8,12-13,16-18H2,1-3H3,(H,33,34)/t20-/m0/s1. The van der Waals surface area contributed by atoms with Crippen LogP contribution in [0, 0.1) is 5.82 Å². The summed E-state index contributed by atoms with van der Waals surface area (Å²) in [6.45, 7) is 3.38. The molecule has 1 aliphatic carbocycles. The minimum Gasteiger partial charge on any atom is -0.382 e. The van der Waals surface area contributed by atoms with Crippen LogP contribution in [-0.2, 0) is 22.4 Å². The average molecular weight is 545 g/mol. The molecule has 1 saturated heterocycles. The zero-order chi connectivity index (χ0) is 27.8. The number of morpholine rings is 1. The topological polar surface area (TPSA) is 84.2 Å². The molecule has 1 aromatic carbocycles. The lowest BCUT2D eigenvalue weighted by Crippen LogP contribution is -2.45. The van der Waals surface area contributed by atoms with Crippen molar-refractivity contribution in [3.8, 4) is 11.3 Å². The minimum atomic E-state index is -0.333. The summed E-state index contributed by atoms with van der Waals surface area (Å²) in [4.78, 5) is 26.9. The molecule has 6 rings (SSSR count). The predicted octanol–water partition coefficient (Wildman–Crippen LogP) is 4.32. The number of carbonyl (C=O) groups is 1. The van der Waals surface area contributed by atoms with Crippen molar-refractivity contribution in [2.24, 2.45) is 0 Å². The van der Waals surface area contributed by atoms with Crippen molar-refractivity contribution in [2.75, 3.05) is 57.7 Å². The van der Waals surface area contributed by atoms with Crippen LogP contribution in [0.2, 0.25) is 0 Å². The number of rotatable bonds is 8. The molecule has 0 unspecified atom stereocenters. The minimum absolute atomic E-state index is 0.0165. The van der Waals surface area contributed by atoms with Gasteiger partial charge in [-0.25, -0.2) is 14.4 Å². The highest BCUT2D eigenvalue weighted by Crippen LogP contribution is 2.38. The van der Waals surface area contributed by atoms with E-state index in [2.05, 4.69) is 26.2 Å². The molecule has 9 nitrogen and oxygen atoms in total. The number of ether oxygens (including phenoxy) is 2. The molecular weight excluding hydrogens is 511 g/mol. The normalized spacial score (nSPS) is 17.2. The fourth-order valence-electron chi connectivity index (χ4n) is 5.72. The van der Waals surface area contributed by atoms with Gasteiger partial charge in [0.05, 0.1) is 48.3 Å². The molecule has 1 atom stereocenters. The quantitative estimate of drug-likeness (QED) is 0.351. The van der Waals surface area contributed by atoms with Crippen LogP contribution >= 0.6 is 0 Å². The Hall–Kier alpha value is -3.86. The smallest absolute Gasteiger partial charge is 0.165 e. The van der Waals surface area contributed by atoms with Gasteiger partial charge < -0.3 is 24.6 Å². The van der Waals surface area contributed by atoms with Crippen LogP contribution in [0.3, 0.4) is 0 Å². The van der Waals surface area contributed by atoms with Crippen molar-refractivity contribution in [3.05, 3.63) is 71.4 Å². The number of imidazole rings is 1. The zero-order valence-electron chi connectivity index (χ0n) is 23.0. The molecule has 0 spiro atoms. The third kappa shape index (κ3) is 5.05. The number of nitrogens with one attached hydrogen (secondary N) is 1. The number of hydrogen-bond donors (Lipinski definition) is 1. The number of pyridine rings is 2. The van der Waals surface area contributed by atoms with Crippen molar-refractivity contribution < 1.29 is 18.7 Å². The van der Waals surface area contributed by atoms with Gasteiger partial charge in [-0.1, -0.05) is 6.07 Å². The lowest BCUT2D eigenvalue weighted by Gasteiger charge is -2.35. The highest BCUT2D eigenvalue weighted by molar-refractivity contribution is 6.07. The summed E-state index contributed by atoms with van der Waals surface area (Å²) in [5, 5.41) is 3.44. The molecule has 0 bridgehead atoms. The molecule has 4 aromatic rings. The van der Waals surface area contributed by atoms with Gasteiger partial charge in [0.15, 0.2) is 5.78 Å². The van der Waals surface area contributed by atoms with Gasteiger partial charge >= 0.3 is 0 Å². The molecule has 40 heavy (non-hydrogen) atoms. The third-order valence-electron chi connectivity index (χ3n) is 7.46. The third-order valence-corrected chi connectivity index (χ3v) is 7.46. The molecule has 208 valence electrons. The molecule has 4 heterocycles. The summed E-state index contributed by atoms with van der Waals surface area (Å²) < 4.78 is 26.7. The Labute approximate surface area is 232 Å². The summed E-state index contributed by atoms with van der Waals surface area (Å²) in [7, 11) is 5.74. The van der Waals surface area contributed by atoms with Crippen molar-refractivity contribution in [3.63, 3.8) is 0 Å². The summed E-state index contributed by atoms with van der Waals surface area (Å²) in [6, 6.07) is 10.8. The van der Waals surface area contributed by atoms with Crippen molar-refractivity contribution in [1.29, 1.82) is 0 Å². The molecule has 0 amide bonds. The van der Waals surface area contributed by atoms with Crippen LogP contribution in [0.15, 0.2) is 48.8 Å². The Morgan fingerprint density at radius 2 is 2.08 bits per heavy atom. The number of carbonyl (C=O) groups excluding carboxylic acids is 1. The van der Waals surface area contributed by atoms with Crippen LogP contribution in [0.1, 0.15) is 28.0 Å². The highest BCUT2D eigenvalue weighted by atomic mass is 19.1. The Morgan fingerprint density at radius 3 is 2.90 bits per heavy atom. The van der Waals surface area contributed by atoms with Crippen molar-refractivity contribution in [2.45, 2.75) is 25.5 Å². The summed E-state index contributed by atoms with van der Waals surface area (Å²) in [6.07, 6.45) is 4.52. The number of halogens is 1. The molecule has 1 N–H and O–H groups in total. The van der Waals surface area contributed by atoms with Crippen LogP contribution in [-0.4, -0.2) is 78.7 Å². The van der Waals surface area contributed by atoms with E-state index in [4.69, 9.17) is 14.5 Å². The van der Waals surface area contributed by atoms with Crippen LogP contribution in [0.4, 0.5) is 21.6 Å².